The molecule has 1 aromatic carbocycles. The molecule has 2 aliphatic rings. The van der Waals surface area contributed by atoms with Gasteiger partial charge in [0, 0.05) is 26.2 Å². The highest BCUT2D eigenvalue weighted by atomic mass is 32.1. The van der Waals surface area contributed by atoms with Crippen LogP contribution in [-0.4, -0.2) is 59.6 Å². The first-order valence-corrected chi connectivity index (χ1v) is 13.3. The third kappa shape index (κ3) is 4.88. The molecule has 8 heteroatoms. The molecule has 3 aromatic rings. The number of piperidine rings is 2. The van der Waals surface area contributed by atoms with E-state index in [1.165, 1.54) is 30.6 Å². The SMILES string of the molecule is Cc1ccc(-n2c(N3CCCC(C(=O)NCCN4CCCCC4)C3)nc3ccsc3c2=O)cc1. The fraction of sp³-hybridized carbons (Fsp3) is 0.500. The predicted octanol–water partition coefficient (Wildman–Crippen LogP) is 3.57. The molecule has 34 heavy (non-hydrogen) atoms. The van der Waals surface area contributed by atoms with Crippen molar-refractivity contribution in [3.63, 3.8) is 0 Å². The van der Waals surface area contributed by atoms with Crippen molar-refractivity contribution in [1.29, 1.82) is 0 Å². The molecule has 2 saturated heterocycles. The second-order valence-electron chi connectivity index (χ2n) is 9.50. The number of nitrogens with zero attached hydrogens (tertiary/aromatic N) is 4. The van der Waals surface area contributed by atoms with Crippen LogP contribution >= 0.6 is 11.3 Å². The number of likely N-dealkylation sites (tertiary alicyclic amines) is 1. The normalized spacial score (nSPS) is 19.4. The van der Waals surface area contributed by atoms with Crippen molar-refractivity contribution >= 4 is 33.4 Å². The van der Waals surface area contributed by atoms with Crippen LogP contribution in [0.4, 0.5) is 5.95 Å². The minimum atomic E-state index is -0.100. The molecular weight excluding hydrogens is 446 g/mol. The van der Waals surface area contributed by atoms with Crippen LogP contribution in [-0.2, 0) is 4.79 Å². The second kappa shape index (κ2) is 10.3. The van der Waals surface area contributed by atoms with Crippen molar-refractivity contribution in [2.75, 3.05) is 44.2 Å². The van der Waals surface area contributed by atoms with E-state index in [4.69, 9.17) is 4.98 Å². The van der Waals surface area contributed by atoms with Gasteiger partial charge in [0.1, 0.15) is 4.70 Å². The van der Waals surface area contributed by atoms with E-state index in [0.29, 0.717) is 23.7 Å². The van der Waals surface area contributed by atoms with Gasteiger partial charge in [-0.15, -0.1) is 11.3 Å². The summed E-state index contributed by atoms with van der Waals surface area (Å²) in [7, 11) is 0. The van der Waals surface area contributed by atoms with Gasteiger partial charge < -0.3 is 15.1 Å². The van der Waals surface area contributed by atoms with Gasteiger partial charge in [-0.2, -0.15) is 0 Å². The lowest BCUT2D eigenvalue weighted by atomic mass is 9.97. The molecule has 2 aromatic heterocycles. The van der Waals surface area contributed by atoms with Crippen LogP contribution in [0.5, 0.6) is 0 Å². The Morgan fingerprint density at radius 1 is 1.09 bits per heavy atom. The number of thiophene rings is 1. The molecule has 0 aliphatic carbocycles. The summed E-state index contributed by atoms with van der Waals surface area (Å²) in [5, 5.41) is 5.08. The number of nitrogens with one attached hydrogen (secondary N) is 1. The lowest BCUT2D eigenvalue weighted by Crippen LogP contribution is -2.46. The molecule has 5 rings (SSSR count). The van der Waals surface area contributed by atoms with Gasteiger partial charge in [0.15, 0.2) is 0 Å². The van der Waals surface area contributed by atoms with Crippen LogP contribution < -0.4 is 15.8 Å². The van der Waals surface area contributed by atoms with E-state index in [2.05, 4.69) is 15.1 Å². The van der Waals surface area contributed by atoms with E-state index in [0.717, 1.165) is 55.8 Å². The summed E-state index contributed by atoms with van der Waals surface area (Å²) in [6.45, 7) is 7.29. The van der Waals surface area contributed by atoms with Crippen molar-refractivity contribution in [2.45, 2.75) is 39.0 Å². The van der Waals surface area contributed by atoms with E-state index >= 15 is 0 Å². The maximum absolute atomic E-state index is 13.5. The van der Waals surface area contributed by atoms with E-state index in [1.54, 1.807) is 4.57 Å². The summed E-state index contributed by atoms with van der Waals surface area (Å²) < 4.78 is 2.38. The van der Waals surface area contributed by atoms with Crippen LogP contribution in [0.1, 0.15) is 37.7 Å². The smallest absolute Gasteiger partial charge is 0.277 e. The molecule has 0 radical (unpaired) electrons. The summed E-state index contributed by atoms with van der Waals surface area (Å²) in [6, 6.07) is 9.86. The Hall–Kier alpha value is -2.71. The Morgan fingerprint density at radius 3 is 2.68 bits per heavy atom. The lowest BCUT2D eigenvalue weighted by molar-refractivity contribution is -0.125. The first-order chi connectivity index (χ1) is 16.6. The summed E-state index contributed by atoms with van der Waals surface area (Å²) in [6.07, 6.45) is 5.60. The van der Waals surface area contributed by atoms with Crippen molar-refractivity contribution in [1.82, 2.24) is 19.8 Å². The fourth-order valence-corrected chi connectivity index (χ4v) is 5.84. The lowest BCUT2D eigenvalue weighted by Gasteiger charge is -2.34. The summed E-state index contributed by atoms with van der Waals surface area (Å²) in [5.74, 6) is 0.643. The number of aromatic nitrogens is 2. The van der Waals surface area contributed by atoms with Gasteiger partial charge in [-0.1, -0.05) is 24.1 Å². The Bertz CT molecular complexity index is 1200. The molecule has 0 saturated carbocycles. The standard InChI is InChI=1S/C26H33N5O2S/c1-19-7-9-21(10-8-19)31-25(33)23-22(11-17-34-23)28-26(31)30-15-5-6-20(18-30)24(32)27-12-16-29-13-3-2-4-14-29/h7-11,17,20H,2-6,12-16,18H2,1H3,(H,27,32). The zero-order valence-electron chi connectivity index (χ0n) is 19.8. The minimum absolute atomic E-state index is 0.0491. The topological polar surface area (TPSA) is 70.5 Å². The van der Waals surface area contributed by atoms with Crippen LogP contribution in [0.15, 0.2) is 40.5 Å². The number of hydrogen-bond acceptors (Lipinski definition) is 6. The Morgan fingerprint density at radius 2 is 1.88 bits per heavy atom. The molecule has 4 heterocycles. The van der Waals surface area contributed by atoms with Crippen LogP contribution in [0.25, 0.3) is 15.9 Å². The Labute approximate surface area is 204 Å². The van der Waals surface area contributed by atoms with E-state index < -0.39 is 0 Å². The quantitative estimate of drug-likeness (QED) is 0.585. The van der Waals surface area contributed by atoms with Gasteiger partial charge in [0.2, 0.25) is 11.9 Å². The third-order valence-electron chi connectivity index (χ3n) is 7.01. The first-order valence-electron chi connectivity index (χ1n) is 12.4. The number of aryl methyl sites for hydroxylation is 1. The summed E-state index contributed by atoms with van der Waals surface area (Å²) in [5.41, 5.74) is 2.62. The number of carbonyl (C=O) groups is 1. The highest BCUT2D eigenvalue weighted by Gasteiger charge is 2.29. The molecule has 1 amide bonds. The van der Waals surface area contributed by atoms with Gasteiger partial charge in [0.05, 0.1) is 17.1 Å². The van der Waals surface area contributed by atoms with Crippen molar-refractivity contribution in [2.24, 2.45) is 5.92 Å². The molecule has 1 N–H and O–H groups in total. The highest BCUT2D eigenvalue weighted by Crippen LogP contribution is 2.26. The molecule has 2 fully saturated rings. The zero-order valence-corrected chi connectivity index (χ0v) is 20.6. The molecule has 1 atom stereocenters. The number of carbonyl (C=O) groups excluding carboxylic acids is 1. The Balaban J connectivity index is 1.35. The number of anilines is 1. The molecule has 2 aliphatic heterocycles. The number of rotatable bonds is 6. The number of benzene rings is 1. The molecule has 0 bridgehead atoms. The highest BCUT2D eigenvalue weighted by molar-refractivity contribution is 7.17. The average molecular weight is 480 g/mol. The molecule has 0 spiro atoms. The monoisotopic (exact) mass is 479 g/mol. The zero-order chi connectivity index (χ0) is 23.5. The van der Waals surface area contributed by atoms with E-state index in [-0.39, 0.29) is 17.4 Å². The van der Waals surface area contributed by atoms with Crippen LogP contribution in [0.3, 0.4) is 0 Å². The van der Waals surface area contributed by atoms with Crippen molar-refractivity contribution < 1.29 is 4.79 Å². The van der Waals surface area contributed by atoms with Gasteiger partial charge in [-0.05, 0) is 69.3 Å². The maximum atomic E-state index is 13.5. The fourth-order valence-electron chi connectivity index (χ4n) is 5.08. The first kappa shape index (κ1) is 23.1. The van der Waals surface area contributed by atoms with E-state index in [1.807, 2.05) is 42.6 Å². The molecule has 1 unspecified atom stereocenters. The summed E-state index contributed by atoms with van der Waals surface area (Å²) in [4.78, 5) is 35.9. The third-order valence-corrected chi connectivity index (χ3v) is 7.90. The van der Waals surface area contributed by atoms with Crippen molar-refractivity contribution in [3.05, 3.63) is 51.6 Å². The predicted molar refractivity (Wildman–Crippen MR) is 138 cm³/mol. The van der Waals surface area contributed by atoms with Crippen LogP contribution in [0.2, 0.25) is 0 Å². The largest absolute Gasteiger partial charge is 0.355 e. The van der Waals surface area contributed by atoms with Crippen molar-refractivity contribution in [3.8, 4) is 5.69 Å². The molecule has 7 nitrogen and oxygen atoms in total. The van der Waals surface area contributed by atoms with Gasteiger partial charge in [-0.3, -0.25) is 9.59 Å². The molecule has 180 valence electrons. The minimum Gasteiger partial charge on any atom is -0.355 e. The van der Waals surface area contributed by atoms with E-state index in [9.17, 15) is 9.59 Å². The number of hydrogen-bond donors (Lipinski definition) is 1. The number of fused-ring (bicyclic) bond motifs is 1. The van der Waals surface area contributed by atoms with Gasteiger partial charge >= 0.3 is 0 Å². The summed E-state index contributed by atoms with van der Waals surface area (Å²) >= 11 is 1.43. The molecular formula is C26H33N5O2S. The maximum Gasteiger partial charge on any atom is 0.277 e. The average Bonchev–Trinajstić information content (AvgIpc) is 3.35. The van der Waals surface area contributed by atoms with Crippen LogP contribution in [0, 0.1) is 12.8 Å². The van der Waals surface area contributed by atoms with Gasteiger partial charge in [-0.25, -0.2) is 9.55 Å². The second-order valence-corrected chi connectivity index (χ2v) is 10.4. The Kier molecular flexibility index (Phi) is 6.97. The van der Waals surface area contributed by atoms with Gasteiger partial charge in [0.25, 0.3) is 5.56 Å². The number of amides is 1.